The van der Waals surface area contributed by atoms with Gasteiger partial charge in [-0.2, -0.15) is 9.40 Å². The van der Waals surface area contributed by atoms with Crippen LogP contribution in [-0.2, 0) is 28.4 Å². The van der Waals surface area contributed by atoms with Crippen molar-refractivity contribution >= 4 is 39.1 Å². The highest BCUT2D eigenvalue weighted by Crippen LogP contribution is 2.30. The first kappa shape index (κ1) is 21.1. The number of carbonyl (C=O) groups is 1. The zero-order valence-electron chi connectivity index (χ0n) is 15.7. The second kappa shape index (κ2) is 8.41. The van der Waals surface area contributed by atoms with Crippen LogP contribution in [0.1, 0.15) is 18.4 Å². The number of aromatic nitrogens is 2. The number of amides is 1. The Balaban J connectivity index is 1.63. The molecule has 1 saturated heterocycles. The van der Waals surface area contributed by atoms with E-state index in [2.05, 4.69) is 5.10 Å². The standard InChI is InChI=1S/C18H22Cl2N4O3S/c1-22(11-13-10-21-23(2)12-13)18(25)14-5-7-24(8-6-14)28(26,27)17-9-15(19)3-4-16(17)20/h3-4,9-10,12,14H,5-8,11H2,1-2H3. The van der Waals surface area contributed by atoms with Crippen LogP contribution in [-0.4, -0.2) is 53.4 Å². The Morgan fingerprint density at radius 3 is 2.57 bits per heavy atom. The molecule has 10 heteroatoms. The average Bonchev–Trinajstić information content (AvgIpc) is 3.07. The molecule has 28 heavy (non-hydrogen) atoms. The third-order valence-electron chi connectivity index (χ3n) is 4.87. The van der Waals surface area contributed by atoms with Gasteiger partial charge in [-0.3, -0.25) is 9.48 Å². The predicted octanol–water partition coefficient (Wildman–Crippen LogP) is 2.79. The molecule has 2 aromatic rings. The summed E-state index contributed by atoms with van der Waals surface area (Å²) in [5.74, 6) is -0.190. The Morgan fingerprint density at radius 1 is 1.29 bits per heavy atom. The van der Waals surface area contributed by atoms with Crippen LogP contribution in [0.5, 0.6) is 0 Å². The topological polar surface area (TPSA) is 75.5 Å². The number of hydrogen-bond donors (Lipinski definition) is 0. The number of sulfonamides is 1. The molecule has 1 aromatic carbocycles. The van der Waals surface area contributed by atoms with Crippen LogP contribution in [0.3, 0.4) is 0 Å². The highest BCUT2D eigenvalue weighted by Gasteiger charge is 2.34. The normalized spacial score (nSPS) is 16.3. The number of carbonyl (C=O) groups excluding carboxylic acids is 1. The van der Waals surface area contributed by atoms with E-state index in [0.717, 1.165) is 5.56 Å². The largest absolute Gasteiger partial charge is 0.341 e. The molecule has 2 heterocycles. The Kier molecular flexibility index (Phi) is 6.34. The molecule has 7 nitrogen and oxygen atoms in total. The smallest absolute Gasteiger partial charge is 0.244 e. The van der Waals surface area contributed by atoms with Crippen LogP contribution in [0, 0.1) is 5.92 Å². The van der Waals surface area contributed by atoms with Gasteiger partial charge in [0.1, 0.15) is 4.90 Å². The van der Waals surface area contributed by atoms with E-state index in [1.54, 1.807) is 28.9 Å². The molecule has 1 aromatic heterocycles. The van der Waals surface area contributed by atoms with Crippen molar-refractivity contribution in [3.05, 3.63) is 46.2 Å². The van der Waals surface area contributed by atoms with Gasteiger partial charge in [-0.05, 0) is 31.0 Å². The fourth-order valence-corrected chi connectivity index (χ4v) is 5.58. The number of aryl methyl sites for hydroxylation is 1. The molecule has 152 valence electrons. The van der Waals surface area contributed by atoms with Crippen LogP contribution in [0.2, 0.25) is 10.0 Å². The summed E-state index contributed by atoms with van der Waals surface area (Å²) in [4.78, 5) is 14.4. The predicted molar refractivity (Wildman–Crippen MR) is 108 cm³/mol. The molecule has 0 bridgehead atoms. The van der Waals surface area contributed by atoms with E-state index in [-0.39, 0.29) is 34.8 Å². The molecule has 0 atom stereocenters. The summed E-state index contributed by atoms with van der Waals surface area (Å²) < 4.78 is 28.8. The number of piperidine rings is 1. The Hall–Kier alpha value is -1.61. The minimum absolute atomic E-state index is 0.000129. The van der Waals surface area contributed by atoms with Crippen LogP contribution < -0.4 is 0 Å². The zero-order chi connectivity index (χ0) is 20.5. The van der Waals surface area contributed by atoms with E-state index in [1.807, 2.05) is 13.2 Å². The van der Waals surface area contributed by atoms with E-state index in [9.17, 15) is 13.2 Å². The lowest BCUT2D eigenvalue weighted by Crippen LogP contribution is -2.43. The van der Waals surface area contributed by atoms with Crippen LogP contribution in [0.15, 0.2) is 35.5 Å². The Morgan fingerprint density at radius 2 is 1.96 bits per heavy atom. The summed E-state index contributed by atoms with van der Waals surface area (Å²) in [7, 11) is -0.168. The van der Waals surface area contributed by atoms with E-state index in [1.165, 1.54) is 16.4 Å². The van der Waals surface area contributed by atoms with Gasteiger partial charge in [-0.25, -0.2) is 8.42 Å². The molecule has 0 N–H and O–H groups in total. The first-order valence-corrected chi connectivity index (χ1v) is 11.1. The van der Waals surface area contributed by atoms with Crippen molar-refractivity contribution < 1.29 is 13.2 Å². The lowest BCUT2D eigenvalue weighted by molar-refractivity contribution is -0.135. The zero-order valence-corrected chi connectivity index (χ0v) is 18.0. The van der Waals surface area contributed by atoms with Gasteiger partial charge in [0.05, 0.1) is 11.2 Å². The van der Waals surface area contributed by atoms with Crippen LogP contribution in [0.4, 0.5) is 0 Å². The molecular formula is C18H22Cl2N4O3S. The molecule has 1 amide bonds. The summed E-state index contributed by atoms with van der Waals surface area (Å²) in [6.45, 7) is 1.01. The molecule has 0 saturated carbocycles. The summed E-state index contributed by atoms with van der Waals surface area (Å²) in [5, 5.41) is 4.55. The molecule has 1 aliphatic rings. The van der Waals surface area contributed by atoms with E-state index >= 15 is 0 Å². The molecule has 0 unspecified atom stereocenters. The molecule has 0 aliphatic carbocycles. The molecule has 0 spiro atoms. The molecule has 1 fully saturated rings. The van der Waals surface area contributed by atoms with Gasteiger partial charge >= 0.3 is 0 Å². The first-order chi connectivity index (χ1) is 13.2. The van der Waals surface area contributed by atoms with Gasteiger partial charge in [0.25, 0.3) is 0 Å². The third kappa shape index (κ3) is 4.51. The molecule has 1 aliphatic heterocycles. The highest BCUT2D eigenvalue weighted by atomic mass is 35.5. The van der Waals surface area contributed by atoms with E-state index in [4.69, 9.17) is 23.2 Å². The van der Waals surface area contributed by atoms with Gasteiger partial charge in [-0.15, -0.1) is 0 Å². The van der Waals surface area contributed by atoms with Crippen molar-refractivity contribution in [1.29, 1.82) is 0 Å². The van der Waals surface area contributed by atoms with Gasteiger partial charge in [0.15, 0.2) is 0 Å². The highest BCUT2D eigenvalue weighted by molar-refractivity contribution is 7.89. The van der Waals surface area contributed by atoms with Crippen molar-refractivity contribution in [3.8, 4) is 0 Å². The number of nitrogens with zero attached hydrogens (tertiary/aromatic N) is 4. The first-order valence-electron chi connectivity index (χ1n) is 8.86. The third-order valence-corrected chi connectivity index (χ3v) is 7.48. The second-order valence-electron chi connectivity index (χ2n) is 6.97. The van der Waals surface area contributed by atoms with Crippen molar-refractivity contribution in [1.82, 2.24) is 19.0 Å². The quantitative estimate of drug-likeness (QED) is 0.710. The number of halogens is 2. The number of hydrogen-bond acceptors (Lipinski definition) is 4. The van der Waals surface area contributed by atoms with Gasteiger partial charge in [-0.1, -0.05) is 23.2 Å². The lowest BCUT2D eigenvalue weighted by Gasteiger charge is -2.32. The Labute approximate surface area is 174 Å². The fourth-order valence-electron chi connectivity index (χ4n) is 3.37. The van der Waals surface area contributed by atoms with Crippen molar-refractivity contribution in [3.63, 3.8) is 0 Å². The summed E-state index contributed by atoms with van der Waals surface area (Å²) in [6, 6.07) is 4.38. The molecule has 0 radical (unpaired) electrons. The SMILES string of the molecule is CN(Cc1cnn(C)c1)C(=O)C1CCN(S(=O)(=O)c2cc(Cl)ccc2Cl)CC1. The van der Waals surface area contributed by atoms with E-state index < -0.39 is 10.0 Å². The second-order valence-corrected chi connectivity index (χ2v) is 9.72. The minimum Gasteiger partial charge on any atom is -0.341 e. The van der Waals surface area contributed by atoms with Crippen LogP contribution in [0.25, 0.3) is 0 Å². The number of rotatable bonds is 5. The van der Waals surface area contributed by atoms with Crippen molar-refractivity contribution in [2.45, 2.75) is 24.3 Å². The fraction of sp³-hybridized carbons (Fsp3) is 0.444. The maximum Gasteiger partial charge on any atom is 0.244 e. The van der Waals surface area contributed by atoms with Crippen molar-refractivity contribution in [2.24, 2.45) is 13.0 Å². The van der Waals surface area contributed by atoms with Crippen molar-refractivity contribution in [2.75, 3.05) is 20.1 Å². The molecule has 3 rings (SSSR count). The average molecular weight is 445 g/mol. The lowest BCUT2D eigenvalue weighted by atomic mass is 9.96. The van der Waals surface area contributed by atoms with E-state index in [0.29, 0.717) is 24.4 Å². The van der Waals surface area contributed by atoms with Gasteiger partial charge in [0.2, 0.25) is 15.9 Å². The molecular weight excluding hydrogens is 423 g/mol. The maximum atomic E-state index is 12.9. The minimum atomic E-state index is -3.75. The van der Waals surface area contributed by atoms with Gasteiger partial charge in [0, 0.05) is 56.4 Å². The maximum absolute atomic E-state index is 12.9. The van der Waals surface area contributed by atoms with Gasteiger partial charge < -0.3 is 4.90 Å². The monoisotopic (exact) mass is 444 g/mol. The Bertz CT molecular complexity index is 969. The summed E-state index contributed by atoms with van der Waals surface area (Å²) >= 11 is 12.0. The number of benzene rings is 1. The summed E-state index contributed by atoms with van der Waals surface area (Å²) in [5.41, 5.74) is 0.953. The van der Waals surface area contributed by atoms with Crippen LogP contribution >= 0.6 is 23.2 Å². The summed E-state index contributed by atoms with van der Waals surface area (Å²) in [6.07, 6.45) is 4.53.